The highest BCUT2D eigenvalue weighted by Crippen LogP contribution is 2.15. The molecule has 0 saturated heterocycles. The van der Waals surface area contributed by atoms with Crippen molar-refractivity contribution in [3.05, 3.63) is 65.0 Å². The summed E-state index contributed by atoms with van der Waals surface area (Å²) in [5.74, 6) is -0.944. The van der Waals surface area contributed by atoms with Gasteiger partial charge < -0.3 is 5.32 Å². The molecule has 0 aliphatic heterocycles. The van der Waals surface area contributed by atoms with E-state index in [1.807, 2.05) is 26.0 Å². The second-order valence-corrected chi connectivity index (χ2v) is 5.27. The number of benzene rings is 2. The number of halogens is 1. The van der Waals surface area contributed by atoms with E-state index in [0.29, 0.717) is 5.56 Å². The van der Waals surface area contributed by atoms with Gasteiger partial charge in [0, 0.05) is 18.4 Å². The quantitative estimate of drug-likeness (QED) is 0.847. The molecule has 114 valence electrons. The molecule has 2 rings (SSSR count). The van der Waals surface area contributed by atoms with Crippen molar-refractivity contribution in [1.29, 1.82) is 0 Å². The Balaban J connectivity index is 1.93. The molecule has 4 heteroatoms. The van der Waals surface area contributed by atoms with E-state index < -0.39 is 5.82 Å². The zero-order chi connectivity index (χ0) is 16.1. The van der Waals surface area contributed by atoms with Crippen molar-refractivity contribution in [3.63, 3.8) is 0 Å². The maximum atomic E-state index is 13.4. The Kier molecular flexibility index (Phi) is 5.04. The summed E-state index contributed by atoms with van der Waals surface area (Å²) >= 11 is 0. The maximum absolute atomic E-state index is 13.4. The van der Waals surface area contributed by atoms with E-state index in [2.05, 4.69) is 5.32 Å². The number of hydrogen-bond acceptors (Lipinski definition) is 2. The zero-order valence-corrected chi connectivity index (χ0v) is 12.7. The number of Topliss-reactive ketones (excluding diaryl/α,β-unsaturated/α-hetero) is 1. The van der Waals surface area contributed by atoms with Gasteiger partial charge in [-0.05, 0) is 31.5 Å². The van der Waals surface area contributed by atoms with E-state index in [9.17, 15) is 14.0 Å². The van der Waals surface area contributed by atoms with E-state index in [-0.39, 0.29) is 30.2 Å². The topological polar surface area (TPSA) is 46.2 Å². The highest BCUT2D eigenvalue weighted by atomic mass is 19.1. The first kappa shape index (κ1) is 15.9. The van der Waals surface area contributed by atoms with Crippen LogP contribution in [-0.4, -0.2) is 11.7 Å². The van der Waals surface area contributed by atoms with Crippen molar-refractivity contribution >= 4 is 17.4 Å². The van der Waals surface area contributed by atoms with Gasteiger partial charge in [-0.3, -0.25) is 9.59 Å². The third-order valence-corrected chi connectivity index (χ3v) is 3.41. The van der Waals surface area contributed by atoms with Crippen LogP contribution in [0.3, 0.4) is 0 Å². The molecule has 0 unspecified atom stereocenters. The van der Waals surface area contributed by atoms with Crippen molar-refractivity contribution in [2.45, 2.75) is 26.7 Å². The molecule has 0 spiro atoms. The van der Waals surface area contributed by atoms with Gasteiger partial charge in [-0.25, -0.2) is 4.39 Å². The van der Waals surface area contributed by atoms with E-state index in [1.165, 1.54) is 12.1 Å². The largest absolute Gasteiger partial charge is 0.324 e. The molecule has 0 aliphatic carbocycles. The van der Waals surface area contributed by atoms with Crippen LogP contribution in [-0.2, 0) is 4.79 Å². The van der Waals surface area contributed by atoms with Crippen molar-refractivity contribution in [2.75, 3.05) is 5.32 Å². The fourth-order valence-corrected chi connectivity index (χ4v) is 2.26. The number of hydrogen-bond donors (Lipinski definition) is 1. The lowest BCUT2D eigenvalue weighted by atomic mass is 9.99. The van der Waals surface area contributed by atoms with E-state index in [0.717, 1.165) is 11.1 Å². The van der Waals surface area contributed by atoms with Crippen LogP contribution in [0.15, 0.2) is 42.5 Å². The Hall–Kier alpha value is -2.49. The van der Waals surface area contributed by atoms with Crippen molar-refractivity contribution in [1.82, 2.24) is 0 Å². The molecule has 2 aromatic rings. The molecule has 22 heavy (non-hydrogen) atoms. The van der Waals surface area contributed by atoms with Crippen LogP contribution < -0.4 is 5.32 Å². The van der Waals surface area contributed by atoms with Crippen LogP contribution in [0.2, 0.25) is 0 Å². The highest BCUT2D eigenvalue weighted by molar-refractivity contribution is 6.00. The summed E-state index contributed by atoms with van der Waals surface area (Å²) in [6, 6.07) is 11.5. The van der Waals surface area contributed by atoms with Gasteiger partial charge >= 0.3 is 0 Å². The summed E-state index contributed by atoms with van der Waals surface area (Å²) < 4.78 is 13.4. The average Bonchev–Trinajstić information content (AvgIpc) is 2.47. The summed E-state index contributed by atoms with van der Waals surface area (Å²) in [5, 5.41) is 2.47. The van der Waals surface area contributed by atoms with Crippen LogP contribution in [0, 0.1) is 19.7 Å². The van der Waals surface area contributed by atoms with Gasteiger partial charge in [0.15, 0.2) is 5.78 Å². The van der Waals surface area contributed by atoms with Gasteiger partial charge in [-0.1, -0.05) is 35.9 Å². The zero-order valence-electron chi connectivity index (χ0n) is 12.7. The number of carbonyl (C=O) groups excluding carboxylic acids is 2. The monoisotopic (exact) mass is 299 g/mol. The molecule has 0 saturated carbocycles. The summed E-state index contributed by atoms with van der Waals surface area (Å²) in [4.78, 5) is 24.0. The fourth-order valence-electron chi connectivity index (χ4n) is 2.26. The highest BCUT2D eigenvalue weighted by Gasteiger charge is 2.12. The Morgan fingerprint density at radius 1 is 1.05 bits per heavy atom. The molecule has 0 aliphatic rings. The second kappa shape index (κ2) is 6.98. The van der Waals surface area contributed by atoms with Crippen LogP contribution in [0.5, 0.6) is 0 Å². The minimum Gasteiger partial charge on any atom is -0.324 e. The number of ketones is 1. The summed E-state index contributed by atoms with van der Waals surface area (Å²) in [7, 11) is 0. The number of rotatable bonds is 5. The second-order valence-electron chi connectivity index (χ2n) is 5.27. The molecular weight excluding hydrogens is 281 g/mol. The molecule has 0 bridgehead atoms. The van der Waals surface area contributed by atoms with Gasteiger partial charge in [0.2, 0.25) is 5.91 Å². The number of carbonyl (C=O) groups is 2. The predicted octanol–water partition coefficient (Wildman–Crippen LogP) is 4.04. The lowest BCUT2D eigenvalue weighted by Gasteiger charge is -2.07. The van der Waals surface area contributed by atoms with Crippen LogP contribution in [0.1, 0.15) is 34.3 Å². The van der Waals surface area contributed by atoms with Crippen LogP contribution >= 0.6 is 0 Å². The predicted molar refractivity (Wildman–Crippen MR) is 84.5 cm³/mol. The molecule has 1 N–H and O–H groups in total. The van der Waals surface area contributed by atoms with Crippen molar-refractivity contribution in [2.24, 2.45) is 0 Å². The number of para-hydroxylation sites is 1. The minimum absolute atomic E-state index is 0.0283. The molecule has 0 aromatic heterocycles. The molecule has 2 aromatic carbocycles. The molecule has 0 atom stereocenters. The fraction of sp³-hybridized carbons (Fsp3) is 0.222. The van der Waals surface area contributed by atoms with Crippen LogP contribution in [0.4, 0.5) is 10.1 Å². The smallest absolute Gasteiger partial charge is 0.224 e. The Morgan fingerprint density at radius 2 is 1.77 bits per heavy atom. The number of amides is 1. The summed E-state index contributed by atoms with van der Waals surface area (Å²) in [6.45, 7) is 3.84. The van der Waals surface area contributed by atoms with E-state index in [1.54, 1.807) is 18.2 Å². The first-order valence-electron chi connectivity index (χ1n) is 7.12. The molecule has 0 heterocycles. The van der Waals surface area contributed by atoms with Crippen molar-refractivity contribution in [3.8, 4) is 0 Å². The molecular formula is C18H18FNO2. The third kappa shape index (κ3) is 4.01. The first-order chi connectivity index (χ1) is 10.5. The summed E-state index contributed by atoms with van der Waals surface area (Å²) in [6.07, 6.45) is 0.130. The lowest BCUT2D eigenvalue weighted by Crippen LogP contribution is -2.14. The number of aryl methyl sites for hydroxylation is 2. The third-order valence-electron chi connectivity index (χ3n) is 3.41. The van der Waals surface area contributed by atoms with E-state index >= 15 is 0 Å². The lowest BCUT2D eigenvalue weighted by molar-refractivity contribution is -0.116. The molecule has 0 radical (unpaired) electrons. The Morgan fingerprint density at radius 3 is 2.45 bits per heavy atom. The van der Waals surface area contributed by atoms with Gasteiger partial charge in [-0.2, -0.15) is 0 Å². The number of nitrogens with one attached hydrogen (secondary N) is 1. The number of anilines is 1. The first-order valence-corrected chi connectivity index (χ1v) is 7.12. The average molecular weight is 299 g/mol. The van der Waals surface area contributed by atoms with Gasteiger partial charge in [0.25, 0.3) is 0 Å². The standard InChI is InChI=1S/C18H18FNO2/c1-12-7-8-14(13(2)11-12)17(21)9-10-18(22)20-16-6-4-3-5-15(16)19/h3-8,11H,9-10H2,1-2H3,(H,20,22). The van der Waals surface area contributed by atoms with Crippen molar-refractivity contribution < 1.29 is 14.0 Å². The van der Waals surface area contributed by atoms with Gasteiger partial charge in [0.1, 0.15) is 5.82 Å². The molecule has 1 amide bonds. The van der Waals surface area contributed by atoms with E-state index in [4.69, 9.17) is 0 Å². The van der Waals surface area contributed by atoms with Crippen LogP contribution in [0.25, 0.3) is 0 Å². The SMILES string of the molecule is Cc1ccc(C(=O)CCC(=O)Nc2ccccc2F)c(C)c1. The van der Waals surface area contributed by atoms with Gasteiger partial charge in [0.05, 0.1) is 5.69 Å². The summed E-state index contributed by atoms with van der Waals surface area (Å²) in [5.41, 5.74) is 2.75. The molecule has 0 fully saturated rings. The molecule has 3 nitrogen and oxygen atoms in total. The Bertz CT molecular complexity index is 710. The maximum Gasteiger partial charge on any atom is 0.224 e. The Labute approximate surface area is 129 Å². The minimum atomic E-state index is -0.489. The normalized spacial score (nSPS) is 10.3. The van der Waals surface area contributed by atoms with Gasteiger partial charge in [-0.15, -0.1) is 0 Å².